The van der Waals surface area contributed by atoms with Crippen LogP contribution in [0.15, 0.2) is 58.4 Å². The number of carbonyl (C=O) groups is 3. The van der Waals surface area contributed by atoms with E-state index in [4.69, 9.17) is 9.47 Å². The minimum absolute atomic E-state index is 0.0115. The first-order valence-corrected chi connectivity index (χ1v) is 12.2. The van der Waals surface area contributed by atoms with Crippen molar-refractivity contribution in [3.8, 4) is 0 Å². The number of carbonyl (C=O) groups excluding carboxylic acids is 3. The molecule has 0 aliphatic carbocycles. The quantitative estimate of drug-likeness (QED) is 0.387. The van der Waals surface area contributed by atoms with Gasteiger partial charge in [0.2, 0.25) is 0 Å². The molecule has 0 saturated carbocycles. The van der Waals surface area contributed by atoms with E-state index in [2.05, 4.69) is 15.0 Å². The van der Waals surface area contributed by atoms with Crippen LogP contribution in [0.2, 0.25) is 0 Å². The fourth-order valence-corrected chi connectivity index (χ4v) is 4.26. The third kappa shape index (κ3) is 6.64. The van der Waals surface area contributed by atoms with Gasteiger partial charge in [0, 0.05) is 11.3 Å². The van der Waals surface area contributed by atoms with E-state index in [0.717, 1.165) is 12.8 Å². The van der Waals surface area contributed by atoms with Gasteiger partial charge in [-0.05, 0) is 42.8 Å². The average molecular weight is 488 g/mol. The molecule has 1 aliphatic heterocycles. The first-order valence-electron chi connectivity index (χ1n) is 10.7. The van der Waals surface area contributed by atoms with Gasteiger partial charge in [-0.2, -0.15) is 0 Å². The second kappa shape index (κ2) is 11.4. The molecule has 1 amide bonds. The summed E-state index contributed by atoms with van der Waals surface area (Å²) >= 11 is 0. The summed E-state index contributed by atoms with van der Waals surface area (Å²) in [6, 6.07) is 12.6. The predicted octanol–water partition coefficient (Wildman–Crippen LogP) is 2.25. The molecule has 10 nitrogen and oxygen atoms in total. The number of nitrogens with one attached hydrogen (secondary N) is 2. The number of amides is 1. The van der Waals surface area contributed by atoms with E-state index in [0.29, 0.717) is 23.4 Å². The number of unbranched alkanes of at least 4 members (excludes halogenated alkanes) is 1. The monoisotopic (exact) mass is 487 g/mol. The molecule has 3 rings (SSSR count). The minimum atomic E-state index is -3.65. The van der Waals surface area contributed by atoms with E-state index in [1.165, 1.54) is 18.2 Å². The second-order valence-electron chi connectivity index (χ2n) is 7.36. The summed E-state index contributed by atoms with van der Waals surface area (Å²) < 4.78 is 36.5. The van der Waals surface area contributed by atoms with Crippen molar-refractivity contribution in [1.29, 1.82) is 0 Å². The number of hydrogen-bond donors (Lipinski definition) is 2. The predicted molar refractivity (Wildman–Crippen MR) is 124 cm³/mol. The number of rotatable bonds is 10. The summed E-state index contributed by atoms with van der Waals surface area (Å²) in [5, 5.41) is 2.56. The molecule has 0 fully saturated rings. The molecule has 2 N–H and O–H groups in total. The molecular weight excluding hydrogens is 462 g/mol. The van der Waals surface area contributed by atoms with Gasteiger partial charge in [-0.15, -0.1) is 0 Å². The molecule has 1 aliphatic rings. The molecule has 0 unspecified atom stereocenters. The van der Waals surface area contributed by atoms with Crippen molar-refractivity contribution in [2.45, 2.75) is 31.1 Å². The summed E-state index contributed by atoms with van der Waals surface area (Å²) in [6.07, 6.45) is 1.58. The number of aliphatic imine (C=N–C) groups is 1. The second-order valence-corrected chi connectivity index (χ2v) is 9.01. The fraction of sp³-hybridized carbons (Fsp3) is 0.304. The van der Waals surface area contributed by atoms with E-state index < -0.39 is 34.5 Å². The van der Waals surface area contributed by atoms with Crippen LogP contribution in [-0.2, 0) is 29.1 Å². The van der Waals surface area contributed by atoms with Gasteiger partial charge in [0.05, 0.1) is 30.0 Å². The Bertz CT molecular complexity index is 1190. The Morgan fingerprint density at radius 2 is 1.76 bits per heavy atom. The van der Waals surface area contributed by atoms with Gasteiger partial charge in [-0.25, -0.2) is 13.2 Å². The van der Waals surface area contributed by atoms with Crippen molar-refractivity contribution in [2.24, 2.45) is 4.99 Å². The van der Waals surface area contributed by atoms with Gasteiger partial charge >= 0.3 is 11.9 Å². The molecule has 0 spiro atoms. The fourth-order valence-electron chi connectivity index (χ4n) is 3.01. The Morgan fingerprint density at radius 1 is 1.03 bits per heavy atom. The maximum absolute atomic E-state index is 12.0. The first kappa shape index (κ1) is 24.9. The third-order valence-electron chi connectivity index (χ3n) is 4.75. The number of hydrogen-bond acceptors (Lipinski definition) is 8. The zero-order valence-corrected chi connectivity index (χ0v) is 19.4. The molecule has 0 aromatic heterocycles. The lowest BCUT2D eigenvalue weighted by Gasteiger charge is -2.08. The van der Waals surface area contributed by atoms with E-state index in [1.54, 1.807) is 30.3 Å². The van der Waals surface area contributed by atoms with Gasteiger partial charge in [-0.3, -0.25) is 19.3 Å². The number of sulfonamides is 1. The highest BCUT2D eigenvalue weighted by atomic mass is 32.2. The molecule has 2 aromatic rings. The number of ether oxygens (including phenoxy) is 2. The van der Waals surface area contributed by atoms with Crippen LogP contribution >= 0.6 is 0 Å². The van der Waals surface area contributed by atoms with Gasteiger partial charge in [0.15, 0.2) is 6.61 Å². The summed E-state index contributed by atoms with van der Waals surface area (Å²) in [4.78, 5) is 40.1. The molecule has 0 atom stereocenters. The third-order valence-corrected chi connectivity index (χ3v) is 6.15. The lowest BCUT2D eigenvalue weighted by Crippen LogP contribution is -2.23. The Balaban J connectivity index is 1.41. The Morgan fingerprint density at radius 3 is 2.50 bits per heavy atom. The van der Waals surface area contributed by atoms with Gasteiger partial charge < -0.3 is 14.8 Å². The number of amidine groups is 1. The molecular formula is C23H25N3O7S. The lowest BCUT2D eigenvalue weighted by molar-refractivity contribution is -0.147. The van der Waals surface area contributed by atoms with Crippen molar-refractivity contribution in [1.82, 2.24) is 4.72 Å². The van der Waals surface area contributed by atoms with Crippen LogP contribution in [-0.4, -0.2) is 51.9 Å². The van der Waals surface area contributed by atoms with Crippen molar-refractivity contribution >= 4 is 39.4 Å². The number of nitrogens with zero attached hydrogens (tertiary/aromatic N) is 1. The van der Waals surface area contributed by atoms with Gasteiger partial charge in [-0.1, -0.05) is 25.5 Å². The van der Waals surface area contributed by atoms with Gasteiger partial charge in [0.1, 0.15) is 5.84 Å². The number of anilines is 1. The summed E-state index contributed by atoms with van der Waals surface area (Å²) in [5.74, 6) is -1.47. The van der Waals surface area contributed by atoms with Crippen LogP contribution in [0.5, 0.6) is 0 Å². The molecule has 2 aromatic carbocycles. The molecule has 0 radical (unpaired) electrons. The van der Waals surface area contributed by atoms with Crippen LogP contribution in [0, 0.1) is 0 Å². The molecule has 0 saturated heterocycles. The van der Waals surface area contributed by atoms with Crippen LogP contribution in [0.4, 0.5) is 5.69 Å². The number of esters is 2. The minimum Gasteiger partial charge on any atom is -0.462 e. The highest BCUT2D eigenvalue weighted by Gasteiger charge is 2.30. The zero-order valence-electron chi connectivity index (χ0n) is 18.6. The molecule has 11 heteroatoms. The van der Waals surface area contributed by atoms with Gasteiger partial charge in [0.25, 0.3) is 15.9 Å². The summed E-state index contributed by atoms with van der Waals surface area (Å²) in [6.45, 7) is 1.85. The van der Waals surface area contributed by atoms with Crippen molar-refractivity contribution < 1.29 is 32.3 Å². The highest BCUT2D eigenvalue weighted by Crippen LogP contribution is 2.22. The summed E-state index contributed by atoms with van der Waals surface area (Å²) in [7, 11) is -3.65. The smallest absolute Gasteiger partial charge is 0.338 e. The maximum Gasteiger partial charge on any atom is 0.338 e. The Labute approximate surface area is 197 Å². The maximum atomic E-state index is 12.0. The molecule has 180 valence electrons. The molecule has 1 heterocycles. The van der Waals surface area contributed by atoms with Crippen molar-refractivity contribution in [3.63, 3.8) is 0 Å². The number of fused-ring (bicyclic) bond motifs is 1. The van der Waals surface area contributed by atoms with E-state index in [1.807, 2.05) is 6.92 Å². The Kier molecular flexibility index (Phi) is 8.36. The van der Waals surface area contributed by atoms with E-state index in [-0.39, 0.29) is 23.7 Å². The first-order chi connectivity index (χ1) is 16.3. The average Bonchev–Trinajstić information content (AvgIpc) is 3.08. The topological polar surface area (TPSA) is 140 Å². The van der Waals surface area contributed by atoms with Crippen LogP contribution in [0.1, 0.15) is 42.1 Å². The van der Waals surface area contributed by atoms with Crippen LogP contribution < -0.4 is 10.0 Å². The molecule has 0 bridgehead atoms. The lowest BCUT2D eigenvalue weighted by atomic mass is 10.2. The SMILES string of the molecule is CCCCOC(=O)c1ccc(NC(=O)COC(=O)CCN=C2NS(=O)(=O)c3ccccc32)cc1. The Hall–Kier alpha value is -3.73. The molecule has 34 heavy (non-hydrogen) atoms. The van der Waals surface area contributed by atoms with Crippen LogP contribution in [0.25, 0.3) is 0 Å². The number of benzene rings is 2. The highest BCUT2D eigenvalue weighted by molar-refractivity contribution is 7.90. The van der Waals surface area contributed by atoms with Crippen molar-refractivity contribution in [2.75, 3.05) is 25.1 Å². The normalized spacial score (nSPS) is 14.7. The van der Waals surface area contributed by atoms with Crippen LogP contribution in [0.3, 0.4) is 0 Å². The summed E-state index contributed by atoms with van der Waals surface area (Å²) in [5.41, 5.74) is 1.24. The zero-order chi connectivity index (χ0) is 24.6. The van der Waals surface area contributed by atoms with E-state index in [9.17, 15) is 22.8 Å². The largest absolute Gasteiger partial charge is 0.462 e. The van der Waals surface area contributed by atoms with Crippen molar-refractivity contribution in [3.05, 3.63) is 59.7 Å². The standard InChI is InChI=1S/C23H25N3O7S/c1-2-3-14-32-23(29)16-8-10-17(11-9-16)25-20(27)15-33-21(28)12-13-24-22-18-6-4-5-7-19(18)34(30,31)26-22/h4-11H,2-3,12-15H2,1H3,(H,24,26)(H,25,27). The van der Waals surface area contributed by atoms with E-state index >= 15 is 0 Å².